The van der Waals surface area contributed by atoms with Gasteiger partial charge in [-0.2, -0.15) is 0 Å². The number of hydrogen-bond donors (Lipinski definition) is 1. The molecule has 0 unspecified atom stereocenters. The van der Waals surface area contributed by atoms with Gasteiger partial charge in [-0.3, -0.25) is 4.79 Å². The smallest absolute Gasteiger partial charge is 0.222 e. The van der Waals surface area contributed by atoms with E-state index in [1.807, 2.05) is 0 Å². The Bertz CT molecular complexity index is 216. The van der Waals surface area contributed by atoms with Crippen LogP contribution in [0.1, 0.15) is 44.9 Å². The van der Waals surface area contributed by atoms with Gasteiger partial charge in [-0.25, -0.2) is 0 Å². The van der Waals surface area contributed by atoms with E-state index in [2.05, 4.69) is 10.2 Å². The van der Waals surface area contributed by atoms with Crippen LogP contribution in [-0.4, -0.2) is 37.0 Å². The maximum atomic E-state index is 12.1. The fraction of sp³-hybridized carbons (Fsp3) is 0.923. The Kier molecular flexibility index (Phi) is 4.64. The molecule has 16 heavy (non-hydrogen) atoms. The summed E-state index contributed by atoms with van der Waals surface area (Å²) in [5, 5.41) is 3.38. The molecule has 2 fully saturated rings. The van der Waals surface area contributed by atoms with Gasteiger partial charge in [0, 0.05) is 19.5 Å². The zero-order chi connectivity index (χ0) is 11.2. The molecule has 92 valence electrons. The summed E-state index contributed by atoms with van der Waals surface area (Å²) in [6.07, 6.45) is 8.24. The van der Waals surface area contributed by atoms with Crippen molar-refractivity contribution in [3.8, 4) is 0 Å². The van der Waals surface area contributed by atoms with Crippen LogP contribution in [0.2, 0.25) is 0 Å². The molecule has 1 amide bonds. The summed E-state index contributed by atoms with van der Waals surface area (Å²) in [4.78, 5) is 14.2. The fourth-order valence-corrected chi connectivity index (χ4v) is 2.79. The van der Waals surface area contributed by atoms with E-state index in [-0.39, 0.29) is 0 Å². The summed E-state index contributed by atoms with van der Waals surface area (Å²) in [5.41, 5.74) is 0. The number of carbonyl (C=O) groups is 1. The Morgan fingerprint density at radius 1 is 1.12 bits per heavy atom. The Hall–Kier alpha value is -0.570. The normalized spacial score (nSPS) is 27.5. The molecule has 2 saturated heterocycles. The highest BCUT2D eigenvalue weighted by Crippen LogP contribution is 2.17. The maximum Gasteiger partial charge on any atom is 0.222 e. The van der Waals surface area contributed by atoms with E-state index in [4.69, 9.17) is 0 Å². The zero-order valence-electron chi connectivity index (χ0n) is 10.2. The van der Waals surface area contributed by atoms with Gasteiger partial charge < -0.3 is 10.2 Å². The second-order valence-corrected chi connectivity index (χ2v) is 5.21. The number of rotatable bonds is 2. The van der Waals surface area contributed by atoms with Crippen molar-refractivity contribution in [1.29, 1.82) is 0 Å². The van der Waals surface area contributed by atoms with Crippen molar-refractivity contribution in [2.24, 2.45) is 5.92 Å². The SMILES string of the molecule is O=C(C[C@H]1CCCNC1)N1CCCCCC1. The molecule has 2 aliphatic heterocycles. The fourth-order valence-electron chi connectivity index (χ4n) is 2.79. The number of likely N-dealkylation sites (tertiary alicyclic amines) is 1. The van der Waals surface area contributed by atoms with Crippen molar-refractivity contribution in [3.63, 3.8) is 0 Å². The molecule has 2 heterocycles. The van der Waals surface area contributed by atoms with Crippen molar-refractivity contribution in [3.05, 3.63) is 0 Å². The Balaban J connectivity index is 1.76. The van der Waals surface area contributed by atoms with Gasteiger partial charge >= 0.3 is 0 Å². The molecule has 0 aromatic rings. The van der Waals surface area contributed by atoms with E-state index >= 15 is 0 Å². The summed E-state index contributed by atoms with van der Waals surface area (Å²) in [6.45, 7) is 4.17. The highest BCUT2D eigenvalue weighted by atomic mass is 16.2. The third-order valence-electron chi connectivity index (χ3n) is 3.82. The topological polar surface area (TPSA) is 32.3 Å². The Labute approximate surface area is 98.6 Å². The maximum absolute atomic E-state index is 12.1. The second-order valence-electron chi connectivity index (χ2n) is 5.21. The van der Waals surface area contributed by atoms with Crippen LogP contribution in [0, 0.1) is 5.92 Å². The summed E-state index contributed by atoms with van der Waals surface area (Å²) in [6, 6.07) is 0. The molecule has 3 nitrogen and oxygen atoms in total. The lowest BCUT2D eigenvalue weighted by Crippen LogP contribution is -2.37. The van der Waals surface area contributed by atoms with Crippen LogP contribution in [0.4, 0.5) is 0 Å². The van der Waals surface area contributed by atoms with Crippen molar-refractivity contribution in [2.45, 2.75) is 44.9 Å². The van der Waals surface area contributed by atoms with E-state index in [1.54, 1.807) is 0 Å². The van der Waals surface area contributed by atoms with E-state index in [0.717, 1.165) is 32.6 Å². The van der Waals surface area contributed by atoms with Gasteiger partial charge in [0.05, 0.1) is 0 Å². The van der Waals surface area contributed by atoms with Gasteiger partial charge in [0.2, 0.25) is 5.91 Å². The van der Waals surface area contributed by atoms with E-state index in [9.17, 15) is 4.79 Å². The van der Waals surface area contributed by atoms with Crippen molar-refractivity contribution in [2.75, 3.05) is 26.2 Å². The van der Waals surface area contributed by atoms with Crippen LogP contribution >= 0.6 is 0 Å². The first-order chi connectivity index (χ1) is 7.86. The van der Waals surface area contributed by atoms with E-state index in [0.29, 0.717) is 11.8 Å². The van der Waals surface area contributed by atoms with E-state index < -0.39 is 0 Å². The summed E-state index contributed by atoms with van der Waals surface area (Å²) in [7, 11) is 0. The standard InChI is InChI=1S/C13H24N2O/c16-13(10-12-6-5-7-14-11-12)15-8-3-1-2-4-9-15/h12,14H,1-11H2/t12-/m1/s1. The number of carbonyl (C=O) groups excluding carboxylic acids is 1. The van der Waals surface area contributed by atoms with Gasteiger partial charge in [-0.15, -0.1) is 0 Å². The van der Waals surface area contributed by atoms with Crippen LogP contribution in [0.25, 0.3) is 0 Å². The average molecular weight is 224 g/mol. The number of nitrogens with zero attached hydrogens (tertiary/aromatic N) is 1. The van der Waals surface area contributed by atoms with E-state index in [1.165, 1.54) is 38.5 Å². The number of nitrogens with one attached hydrogen (secondary N) is 1. The third kappa shape index (κ3) is 3.48. The van der Waals surface area contributed by atoms with Crippen LogP contribution in [0.3, 0.4) is 0 Å². The van der Waals surface area contributed by atoms with Crippen LogP contribution in [-0.2, 0) is 4.79 Å². The van der Waals surface area contributed by atoms with Crippen LogP contribution in [0.5, 0.6) is 0 Å². The minimum Gasteiger partial charge on any atom is -0.343 e. The van der Waals surface area contributed by atoms with Gasteiger partial charge in [0.15, 0.2) is 0 Å². The van der Waals surface area contributed by atoms with Crippen molar-refractivity contribution < 1.29 is 4.79 Å². The monoisotopic (exact) mass is 224 g/mol. The molecule has 1 N–H and O–H groups in total. The van der Waals surface area contributed by atoms with Crippen molar-refractivity contribution >= 4 is 5.91 Å². The Morgan fingerprint density at radius 2 is 1.88 bits per heavy atom. The molecule has 2 aliphatic rings. The molecule has 0 aromatic heterocycles. The highest BCUT2D eigenvalue weighted by molar-refractivity contribution is 5.76. The third-order valence-corrected chi connectivity index (χ3v) is 3.82. The average Bonchev–Trinajstić information content (AvgIpc) is 2.59. The zero-order valence-corrected chi connectivity index (χ0v) is 10.2. The summed E-state index contributed by atoms with van der Waals surface area (Å²) < 4.78 is 0. The number of amides is 1. The van der Waals surface area contributed by atoms with Gasteiger partial charge in [-0.05, 0) is 44.7 Å². The second kappa shape index (κ2) is 6.24. The molecule has 3 heteroatoms. The first-order valence-corrected chi connectivity index (χ1v) is 6.85. The lowest BCUT2D eigenvalue weighted by atomic mass is 9.95. The number of hydrogen-bond acceptors (Lipinski definition) is 2. The molecule has 0 radical (unpaired) electrons. The molecule has 1 atom stereocenters. The largest absolute Gasteiger partial charge is 0.343 e. The first kappa shape index (κ1) is 11.9. The van der Waals surface area contributed by atoms with Crippen LogP contribution < -0.4 is 5.32 Å². The lowest BCUT2D eigenvalue weighted by Gasteiger charge is -2.26. The summed E-state index contributed by atoms with van der Waals surface area (Å²) >= 11 is 0. The molecule has 0 spiro atoms. The predicted molar refractivity (Wildman–Crippen MR) is 65.3 cm³/mol. The first-order valence-electron chi connectivity index (χ1n) is 6.85. The molecule has 0 aromatic carbocycles. The molecular weight excluding hydrogens is 200 g/mol. The highest BCUT2D eigenvalue weighted by Gasteiger charge is 2.21. The lowest BCUT2D eigenvalue weighted by molar-refractivity contribution is -0.132. The summed E-state index contributed by atoms with van der Waals surface area (Å²) in [5.74, 6) is 0.986. The molecule has 2 rings (SSSR count). The molecule has 0 bridgehead atoms. The minimum atomic E-state index is 0.399. The minimum absolute atomic E-state index is 0.399. The van der Waals surface area contributed by atoms with Gasteiger partial charge in [0.25, 0.3) is 0 Å². The van der Waals surface area contributed by atoms with Gasteiger partial charge in [-0.1, -0.05) is 12.8 Å². The molecular formula is C13H24N2O. The quantitative estimate of drug-likeness (QED) is 0.775. The van der Waals surface area contributed by atoms with Gasteiger partial charge in [0.1, 0.15) is 0 Å². The number of piperidine rings is 1. The van der Waals surface area contributed by atoms with Crippen LogP contribution in [0.15, 0.2) is 0 Å². The molecule has 0 aliphatic carbocycles. The molecule has 0 saturated carbocycles. The van der Waals surface area contributed by atoms with Crippen molar-refractivity contribution in [1.82, 2.24) is 10.2 Å². The predicted octanol–water partition coefficient (Wildman–Crippen LogP) is 1.78. The Morgan fingerprint density at radius 3 is 2.50 bits per heavy atom.